The second-order valence-electron chi connectivity index (χ2n) is 8.03. The van der Waals surface area contributed by atoms with Crippen molar-refractivity contribution in [2.75, 3.05) is 0 Å². The van der Waals surface area contributed by atoms with E-state index in [9.17, 15) is 32.0 Å². The molecule has 0 aliphatic carbocycles. The van der Waals surface area contributed by atoms with E-state index in [0.29, 0.717) is 16.5 Å². The predicted octanol–water partition coefficient (Wildman–Crippen LogP) is 6.94. The number of thiophene rings is 1. The third kappa shape index (κ3) is 4.18. The third-order valence-corrected chi connectivity index (χ3v) is 6.75. The zero-order valence-electron chi connectivity index (χ0n) is 18.2. The third-order valence-electron chi connectivity index (χ3n) is 5.80. The molecule has 5 aromatic rings. The summed E-state index contributed by atoms with van der Waals surface area (Å²) in [4.78, 5) is 16.5. The highest BCUT2D eigenvalue weighted by molar-refractivity contribution is 7.14. The van der Waals surface area contributed by atoms with Crippen molar-refractivity contribution in [1.29, 1.82) is 5.26 Å². The van der Waals surface area contributed by atoms with Gasteiger partial charge in [0.25, 0.3) is 5.56 Å². The van der Waals surface area contributed by atoms with Crippen LogP contribution in [0.2, 0.25) is 0 Å². The van der Waals surface area contributed by atoms with Crippen LogP contribution >= 0.6 is 11.3 Å². The Labute approximate surface area is 204 Å². The number of nitriles is 1. The highest BCUT2D eigenvalue weighted by atomic mass is 32.1. The Morgan fingerprint density at radius 3 is 2.53 bits per heavy atom. The van der Waals surface area contributed by atoms with Crippen molar-refractivity contribution in [3.8, 4) is 27.8 Å². The zero-order chi connectivity index (χ0) is 25.6. The second-order valence-corrected chi connectivity index (χ2v) is 8.95. The Kier molecular flexibility index (Phi) is 5.73. The first-order chi connectivity index (χ1) is 17.2. The van der Waals surface area contributed by atoms with Gasteiger partial charge in [-0.3, -0.25) is 4.79 Å². The molecule has 2 aromatic carbocycles. The van der Waals surface area contributed by atoms with Crippen molar-refractivity contribution in [2.45, 2.75) is 12.7 Å². The molecular weight excluding hydrogens is 497 g/mol. The number of benzene rings is 2. The van der Waals surface area contributed by atoms with Crippen LogP contribution in [0.5, 0.6) is 0 Å². The number of H-pyrrole nitrogens is 1. The fraction of sp³-hybridized carbons (Fsp3) is 0.0769. The second kappa shape index (κ2) is 8.77. The molecule has 0 amide bonds. The van der Waals surface area contributed by atoms with Crippen molar-refractivity contribution in [3.63, 3.8) is 0 Å². The lowest BCUT2D eigenvalue weighted by Crippen LogP contribution is -2.28. The predicted molar refractivity (Wildman–Crippen MR) is 126 cm³/mol. The number of nitrogens with one attached hydrogen (secondary N) is 1. The van der Waals surface area contributed by atoms with E-state index in [1.807, 2.05) is 24.3 Å². The number of halogens is 5. The van der Waals surface area contributed by atoms with Gasteiger partial charge in [0.15, 0.2) is 0 Å². The molecule has 0 unspecified atom stereocenters. The Hall–Kier alpha value is -4.23. The molecule has 4 nitrogen and oxygen atoms in total. The van der Waals surface area contributed by atoms with E-state index in [4.69, 9.17) is 0 Å². The van der Waals surface area contributed by atoms with Crippen LogP contribution in [-0.4, -0.2) is 9.55 Å². The minimum absolute atomic E-state index is 0.113. The molecule has 0 spiro atoms. The van der Waals surface area contributed by atoms with Gasteiger partial charge in [-0.05, 0) is 58.3 Å². The lowest BCUT2D eigenvalue weighted by atomic mass is 10.0. The molecule has 180 valence electrons. The summed E-state index contributed by atoms with van der Waals surface area (Å²) in [7, 11) is 0. The van der Waals surface area contributed by atoms with Gasteiger partial charge >= 0.3 is 6.18 Å². The smallest absolute Gasteiger partial charge is 0.361 e. The van der Waals surface area contributed by atoms with Crippen molar-refractivity contribution in [3.05, 3.63) is 105 Å². The molecule has 0 atom stereocenters. The first-order valence-corrected chi connectivity index (χ1v) is 11.4. The van der Waals surface area contributed by atoms with E-state index in [2.05, 4.69) is 4.98 Å². The molecule has 5 rings (SSSR count). The molecule has 0 aliphatic heterocycles. The minimum atomic E-state index is -4.96. The standard InChI is InChI=1S/C26H14F5N3OS/c27-18-3-1-16(21(28)9-18)12-34-23(10-20(26(29,30)31)19(11-32)25(34)35)24-8-17(13-36-24)14-2-4-22-15(7-14)5-6-33-22/h1-10,13,33H,12H2. The molecule has 1 N–H and O–H groups in total. The minimum Gasteiger partial charge on any atom is -0.361 e. The fourth-order valence-corrected chi connectivity index (χ4v) is 4.96. The van der Waals surface area contributed by atoms with Gasteiger partial charge in [-0.25, -0.2) is 8.78 Å². The van der Waals surface area contributed by atoms with Crippen molar-refractivity contribution in [1.82, 2.24) is 9.55 Å². The average molecular weight is 511 g/mol. The van der Waals surface area contributed by atoms with Gasteiger partial charge in [0.2, 0.25) is 0 Å². The summed E-state index contributed by atoms with van der Waals surface area (Å²) in [5.41, 5.74) is -1.48. The quantitative estimate of drug-likeness (QED) is 0.266. The number of fused-ring (bicyclic) bond motifs is 1. The molecule has 0 saturated carbocycles. The fourth-order valence-electron chi connectivity index (χ4n) is 4.01. The summed E-state index contributed by atoms with van der Waals surface area (Å²) in [6.07, 6.45) is -3.17. The number of alkyl halides is 3. The van der Waals surface area contributed by atoms with E-state index in [1.54, 1.807) is 17.6 Å². The first kappa shape index (κ1) is 23.5. The van der Waals surface area contributed by atoms with Gasteiger partial charge in [0, 0.05) is 23.3 Å². The molecule has 36 heavy (non-hydrogen) atoms. The van der Waals surface area contributed by atoms with Crippen LogP contribution in [0, 0.1) is 23.0 Å². The van der Waals surface area contributed by atoms with Crippen LogP contribution in [0.1, 0.15) is 16.7 Å². The maximum absolute atomic E-state index is 14.4. The summed E-state index contributed by atoms with van der Waals surface area (Å²) in [6, 6.07) is 13.9. The number of nitrogens with zero attached hydrogens (tertiary/aromatic N) is 2. The maximum atomic E-state index is 14.4. The number of hydrogen-bond donors (Lipinski definition) is 1. The molecule has 0 bridgehead atoms. The summed E-state index contributed by atoms with van der Waals surface area (Å²) in [5.74, 6) is -1.80. The summed E-state index contributed by atoms with van der Waals surface area (Å²) < 4.78 is 70.0. The van der Waals surface area contributed by atoms with Gasteiger partial charge in [-0.1, -0.05) is 12.1 Å². The van der Waals surface area contributed by atoms with Crippen molar-refractivity contribution in [2.24, 2.45) is 0 Å². The lowest BCUT2D eigenvalue weighted by Gasteiger charge is -2.17. The zero-order valence-corrected chi connectivity index (χ0v) is 19.0. The highest BCUT2D eigenvalue weighted by Gasteiger charge is 2.36. The van der Waals surface area contributed by atoms with Crippen molar-refractivity contribution >= 4 is 22.2 Å². The normalized spacial score (nSPS) is 11.7. The molecule has 0 fully saturated rings. The van der Waals surface area contributed by atoms with Crippen LogP contribution in [0.25, 0.3) is 32.6 Å². The van der Waals surface area contributed by atoms with E-state index >= 15 is 0 Å². The van der Waals surface area contributed by atoms with Gasteiger partial charge in [0.1, 0.15) is 23.3 Å². The van der Waals surface area contributed by atoms with Gasteiger partial charge in [-0.2, -0.15) is 18.4 Å². The molecular formula is C26H14F5N3OS. The largest absolute Gasteiger partial charge is 0.417 e. The maximum Gasteiger partial charge on any atom is 0.417 e. The molecule has 10 heteroatoms. The van der Waals surface area contributed by atoms with E-state index < -0.39 is 41.0 Å². The number of pyridine rings is 1. The van der Waals surface area contributed by atoms with Gasteiger partial charge < -0.3 is 9.55 Å². The van der Waals surface area contributed by atoms with Crippen molar-refractivity contribution < 1.29 is 22.0 Å². The molecule has 0 aliphatic rings. The van der Waals surface area contributed by atoms with E-state index in [1.165, 1.54) is 6.07 Å². The van der Waals surface area contributed by atoms with Gasteiger partial charge in [-0.15, -0.1) is 11.3 Å². The molecule has 3 heterocycles. The molecule has 0 saturated heterocycles. The molecule has 0 radical (unpaired) electrons. The Balaban J connectivity index is 1.69. The van der Waals surface area contributed by atoms with E-state index in [0.717, 1.165) is 50.6 Å². The van der Waals surface area contributed by atoms with Crippen LogP contribution in [0.4, 0.5) is 22.0 Å². The summed E-state index contributed by atoms with van der Waals surface area (Å²) in [5, 5.41) is 12.0. The Morgan fingerprint density at radius 1 is 1.00 bits per heavy atom. The average Bonchev–Trinajstić information content (AvgIpc) is 3.50. The number of hydrogen-bond acceptors (Lipinski definition) is 3. The van der Waals surface area contributed by atoms with Crippen LogP contribution < -0.4 is 5.56 Å². The van der Waals surface area contributed by atoms with Gasteiger partial charge in [0.05, 0.1) is 22.7 Å². The first-order valence-electron chi connectivity index (χ1n) is 10.5. The molecule has 3 aromatic heterocycles. The van der Waals surface area contributed by atoms with Crippen LogP contribution in [-0.2, 0) is 12.7 Å². The number of aromatic nitrogens is 2. The Bertz CT molecular complexity index is 1720. The highest BCUT2D eigenvalue weighted by Crippen LogP contribution is 2.37. The number of aromatic amines is 1. The van der Waals surface area contributed by atoms with Crippen LogP contribution in [0.3, 0.4) is 0 Å². The van der Waals surface area contributed by atoms with Crippen LogP contribution in [0.15, 0.2) is 71.0 Å². The summed E-state index contributed by atoms with van der Waals surface area (Å²) >= 11 is 1.11. The van der Waals surface area contributed by atoms with E-state index in [-0.39, 0.29) is 11.3 Å². The topological polar surface area (TPSA) is 61.6 Å². The Morgan fingerprint density at radius 2 is 1.81 bits per heavy atom. The summed E-state index contributed by atoms with van der Waals surface area (Å²) in [6.45, 7) is -0.490. The number of rotatable bonds is 4. The SMILES string of the molecule is N#Cc1c(C(F)(F)F)cc(-c2cc(-c3ccc4[nH]ccc4c3)cs2)n(Cc2ccc(F)cc2F)c1=O. The monoisotopic (exact) mass is 511 g/mol. The lowest BCUT2D eigenvalue weighted by molar-refractivity contribution is -0.137.